The molecule has 0 radical (unpaired) electrons. The molecule has 1 aliphatic heterocycles. The van der Waals surface area contributed by atoms with Crippen molar-refractivity contribution in [2.24, 2.45) is 5.92 Å². The number of ketones is 1. The quantitative estimate of drug-likeness (QED) is 0.565. The van der Waals surface area contributed by atoms with Gasteiger partial charge >= 0.3 is 0 Å². The van der Waals surface area contributed by atoms with Crippen molar-refractivity contribution in [2.75, 3.05) is 6.67 Å². The number of ether oxygens (including phenoxy) is 1. The maximum atomic E-state index is 13.2. The monoisotopic (exact) mass is 450 g/mol. The van der Waals surface area contributed by atoms with Crippen LogP contribution < -0.4 is 15.4 Å². The fourth-order valence-corrected chi connectivity index (χ4v) is 4.00. The summed E-state index contributed by atoms with van der Waals surface area (Å²) in [7, 11) is 0. The molecular weight excluding hydrogens is 415 g/mol. The van der Waals surface area contributed by atoms with E-state index in [1.807, 2.05) is 13.8 Å². The molecule has 32 heavy (non-hydrogen) atoms. The lowest BCUT2D eigenvalue weighted by Crippen LogP contribution is -2.59. The van der Waals surface area contributed by atoms with E-state index in [1.165, 1.54) is 0 Å². The zero-order chi connectivity index (χ0) is 24.4. The molecule has 8 heteroatoms. The number of phenolic OH excluding ortho intramolecular Hbond substituents is 1. The molecule has 3 N–H and O–H groups in total. The van der Waals surface area contributed by atoms with Gasteiger partial charge in [-0.2, -0.15) is 0 Å². The number of fused-ring (bicyclic) bond motifs is 1. The topological polar surface area (TPSA) is 105 Å². The Morgan fingerprint density at radius 2 is 1.75 bits per heavy atom. The number of amides is 2. The predicted octanol–water partition coefficient (Wildman–Crippen LogP) is 2.98. The largest absolute Gasteiger partial charge is 0.507 e. The highest BCUT2D eigenvalue weighted by atomic mass is 19.1. The number of aromatic hydroxyl groups is 1. The molecule has 3 atom stereocenters. The highest BCUT2D eigenvalue weighted by Crippen LogP contribution is 2.43. The zero-order valence-electron chi connectivity index (χ0n) is 20.0. The molecule has 7 nitrogen and oxygen atoms in total. The molecule has 0 saturated carbocycles. The number of hydrogen-bond donors (Lipinski definition) is 3. The van der Waals surface area contributed by atoms with E-state index < -0.39 is 42.0 Å². The van der Waals surface area contributed by atoms with E-state index in [0.29, 0.717) is 24.2 Å². The minimum absolute atomic E-state index is 0.239. The first-order chi connectivity index (χ1) is 14.9. The number of halogens is 1. The lowest BCUT2D eigenvalue weighted by molar-refractivity contribution is -0.141. The molecule has 2 amide bonds. The molecule has 1 heterocycles. The van der Waals surface area contributed by atoms with Gasteiger partial charge in [0.05, 0.1) is 6.04 Å². The van der Waals surface area contributed by atoms with Gasteiger partial charge in [0.15, 0.2) is 11.4 Å². The summed E-state index contributed by atoms with van der Waals surface area (Å²) in [5.41, 5.74) is 1.89. The van der Waals surface area contributed by atoms with Gasteiger partial charge in [0, 0.05) is 12.0 Å². The third kappa shape index (κ3) is 4.89. The number of alkyl halides is 1. The van der Waals surface area contributed by atoms with Crippen LogP contribution >= 0.6 is 0 Å². The molecule has 1 aromatic rings. The maximum absolute atomic E-state index is 13.2. The Bertz CT molecular complexity index is 914. The smallest absolute Gasteiger partial charge is 0.264 e. The van der Waals surface area contributed by atoms with Gasteiger partial charge in [0.1, 0.15) is 24.2 Å². The highest BCUT2D eigenvalue weighted by Gasteiger charge is 2.42. The van der Waals surface area contributed by atoms with Crippen molar-refractivity contribution in [1.29, 1.82) is 0 Å². The van der Waals surface area contributed by atoms with Gasteiger partial charge in [-0.15, -0.1) is 0 Å². The number of benzene rings is 1. The van der Waals surface area contributed by atoms with Gasteiger partial charge in [0.25, 0.3) is 5.91 Å². The Morgan fingerprint density at radius 1 is 1.12 bits per heavy atom. The van der Waals surface area contributed by atoms with Gasteiger partial charge in [-0.3, -0.25) is 14.4 Å². The van der Waals surface area contributed by atoms with E-state index in [4.69, 9.17) is 4.74 Å². The van der Waals surface area contributed by atoms with Gasteiger partial charge < -0.3 is 20.5 Å². The molecule has 0 aliphatic carbocycles. The molecule has 1 aromatic carbocycles. The van der Waals surface area contributed by atoms with E-state index in [2.05, 4.69) is 10.6 Å². The second kappa shape index (κ2) is 9.88. The molecule has 0 spiro atoms. The van der Waals surface area contributed by atoms with E-state index >= 15 is 0 Å². The number of carbonyl (C=O) groups is 3. The van der Waals surface area contributed by atoms with Crippen molar-refractivity contribution in [3.05, 3.63) is 22.3 Å². The molecule has 0 fully saturated rings. The number of Topliss-reactive ketones (excluding diaryl/α,β-unsaturated/α-hetero) is 1. The molecule has 0 aromatic heterocycles. The molecule has 1 aliphatic rings. The van der Waals surface area contributed by atoms with Crippen LogP contribution in [0.3, 0.4) is 0 Å². The molecule has 0 saturated heterocycles. The highest BCUT2D eigenvalue weighted by molar-refractivity contribution is 5.95. The minimum atomic E-state index is -1.21. The summed E-state index contributed by atoms with van der Waals surface area (Å²) >= 11 is 0. The fourth-order valence-electron chi connectivity index (χ4n) is 4.00. The number of rotatable bonds is 8. The van der Waals surface area contributed by atoms with Crippen LogP contribution in [0.4, 0.5) is 4.39 Å². The maximum Gasteiger partial charge on any atom is 0.264 e. The Hall–Kier alpha value is -2.64. The first-order valence-corrected chi connectivity index (χ1v) is 11.1. The Kier molecular flexibility index (Phi) is 7.91. The summed E-state index contributed by atoms with van der Waals surface area (Å²) < 4.78 is 19.0. The van der Waals surface area contributed by atoms with Gasteiger partial charge in [-0.25, -0.2) is 4.39 Å². The first-order valence-electron chi connectivity index (χ1n) is 11.1. The second-order valence-corrected chi connectivity index (χ2v) is 9.13. The predicted molar refractivity (Wildman–Crippen MR) is 120 cm³/mol. The van der Waals surface area contributed by atoms with E-state index in [-0.39, 0.29) is 18.1 Å². The lowest BCUT2D eigenvalue weighted by Gasteiger charge is -2.38. The average molecular weight is 451 g/mol. The number of phenols is 1. The fraction of sp³-hybridized carbons (Fsp3) is 0.625. The van der Waals surface area contributed by atoms with Crippen LogP contribution in [-0.2, 0) is 20.8 Å². The van der Waals surface area contributed by atoms with Crippen LogP contribution in [0.25, 0.3) is 0 Å². The molecular formula is C24H35FN2O5. The summed E-state index contributed by atoms with van der Waals surface area (Å²) in [6.07, 6.45) is 1.18. The molecule has 3 unspecified atom stereocenters. The summed E-state index contributed by atoms with van der Waals surface area (Å²) in [6, 6.07) is -1.84. The summed E-state index contributed by atoms with van der Waals surface area (Å²) in [4.78, 5) is 37.8. The van der Waals surface area contributed by atoms with Gasteiger partial charge in [-0.05, 0) is 63.1 Å². The van der Waals surface area contributed by atoms with Crippen LogP contribution in [0.1, 0.15) is 62.8 Å². The second-order valence-electron chi connectivity index (χ2n) is 9.13. The molecule has 178 valence electrons. The Labute approximate surface area is 189 Å². The first kappa shape index (κ1) is 25.6. The minimum Gasteiger partial charge on any atom is -0.507 e. The van der Waals surface area contributed by atoms with E-state index in [0.717, 1.165) is 16.7 Å². The normalized spacial score (nSPS) is 19.5. The van der Waals surface area contributed by atoms with Crippen molar-refractivity contribution in [3.8, 4) is 11.5 Å². The Morgan fingerprint density at radius 3 is 2.28 bits per heavy atom. The third-order valence-corrected chi connectivity index (χ3v) is 6.48. The van der Waals surface area contributed by atoms with Crippen LogP contribution in [0.2, 0.25) is 0 Å². The summed E-state index contributed by atoms with van der Waals surface area (Å²) in [5.74, 6) is -1.10. The van der Waals surface area contributed by atoms with Crippen LogP contribution in [-0.4, -0.2) is 47.1 Å². The van der Waals surface area contributed by atoms with Crippen molar-refractivity contribution >= 4 is 17.6 Å². The number of carbonyl (C=O) groups excluding carboxylic acids is 3. The van der Waals surface area contributed by atoms with E-state index in [1.54, 1.807) is 34.6 Å². The van der Waals surface area contributed by atoms with Crippen LogP contribution in [0, 0.1) is 26.7 Å². The van der Waals surface area contributed by atoms with Crippen molar-refractivity contribution in [3.63, 3.8) is 0 Å². The average Bonchev–Trinajstić information content (AvgIpc) is 2.76. The van der Waals surface area contributed by atoms with E-state index in [9.17, 15) is 23.9 Å². The molecule has 0 bridgehead atoms. The summed E-state index contributed by atoms with van der Waals surface area (Å²) in [6.45, 7) is 11.2. The van der Waals surface area contributed by atoms with Crippen LogP contribution in [0.15, 0.2) is 0 Å². The zero-order valence-corrected chi connectivity index (χ0v) is 20.0. The third-order valence-electron chi connectivity index (χ3n) is 6.48. The Balaban J connectivity index is 2.24. The SMILES string of the molecule is CCC(NC(=O)C(NC(=O)C1(C)CCc2c(C)c(O)c(C)c(C)c2O1)C(C)C)C(=O)CF. The number of nitrogens with one attached hydrogen (secondary N) is 2. The van der Waals surface area contributed by atoms with Gasteiger partial charge in [-0.1, -0.05) is 20.8 Å². The standard InChI is InChI=1S/C24H35FN2O5/c1-8-17(18(28)11-25)26-22(30)19(12(2)3)27-23(31)24(7)10-9-16-15(6)20(29)13(4)14(5)21(16)32-24/h12,17,19,29H,8-11H2,1-7H3,(H,26,30)(H,27,31). The van der Waals surface area contributed by atoms with Gasteiger partial charge in [0.2, 0.25) is 5.91 Å². The summed E-state index contributed by atoms with van der Waals surface area (Å²) in [5, 5.41) is 15.7. The van der Waals surface area contributed by atoms with Crippen LogP contribution in [0.5, 0.6) is 11.5 Å². The molecule has 2 rings (SSSR count). The number of hydrogen-bond acceptors (Lipinski definition) is 5. The van der Waals surface area contributed by atoms with Crippen molar-refractivity contribution in [2.45, 2.75) is 85.4 Å². The van der Waals surface area contributed by atoms with Crippen molar-refractivity contribution < 1.29 is 28.6 Å². The van der Waals surface area contributed by atoms with Crippen molar-refractivity contribution in [1.82, 2.24) is 10.6 Å². The lowest BCUT2D eigenvalue weighted by atomic mass is 9.86.